The Bertz CT molecular complexity index is 998. The molecule has 2 atom stereocenters. The average Bonchev–Trinajstić information content (AvgIpc) is 3.21. The van der Waals surface area contributed by atoms with E-state index in [-0.39, 0.29) is 5.38 Å². The zero-order valence-corrected chi connectivity index (χ0v) is 24.2. The lowest BCUT2D eigenvalue weighted by Crippen LogP contribution is -2.14. The van der Waals surface area contributed by atoms with Gasteiger partial charge in [0.2, 0.25) is 0 Å². The van der Waals surface area contributed by atoms with Gasteiger partial charge in [-0.1, -0.05) is 76.1 Å². The first-order chi connectivity index (χ1) is 17.5. The Labute approximate surface area is 227 Å². The van der Waals surface area contributed by atoms with Crippen LogP contribution in [0, 0.1) is 6.92 Å². The minimum absolute atomic E-state index is 0.0843. The molecule has 0 spiro atoms. The number of halogens is 4. The third kappa shape index (κ3) is 11.3. The zero-order chi connectivity index (χ0) is 28.0. The second-order valence-corrected chi connectivity index (χ2v) is 10.1. The minimum Gasteiger partial charge on any atom is -0.384 e. The molecule has 0 aliphatic carbocycles. The van der Waals surface area contributed by atoms with E-state index in [2.05, 4.69) is 61.4 Å². The lowest BCUT2D eigenvalue weighted by atomic mass is 9.89. The number of hydrogen-bond donors (Lipinski definition) is 1. The van der Waals surface area contributed by atoms with E-state index in [0.717, 1.165) is 31.7 Å². The second-order valence-electron chi connectivity index (χ2n) is 9.40. The lowest BCUT2D eigenvalue weighted by Gasteiger charge is -2.18. The molecule has 37 heavy (non-hydrogen) atoms. The highest BCUT2D eigenvalue weighted by Crippen LogP contribution is 2.35. The summed E-state index contributed by atoms with van der Waals surface area (Å²) in [6, 6.07) is 8.72. The highest BCUT2D eigenvalue weighted by atomic mass is 35.5. The molecular formula is C31H44ClF3N2. The van der Waals surface area contributed by atoms with Gasteiger partial charge in [-0.15, -0.1) is 11.6 Å². The summed E-state index contributed by atoms with van der Waals surface area (Å²) in [6.07, 6.45) is 7.24. The quantitative estimate of drug-likeness (QED) is 0.179. The summed E-state index contributed by atoms with van der Waals surface area (Å²) >= 11 is 6.23. The predicted molar refractivity (Wildman–Crippen MR) is 155 cm³/mol. The molecule has 0 aromatic heterocycles. The van der Waals surface area contributed by atoms with E-state index in [9.17, 15) is 13.2 Å². The molecule has 1 aliphatic heterocycles. The van der Waals surface area contributed by atoms with Crippen LogP contribution in [0.4, 0.5) is 13.2 Å². The van der Waals surface area contributed by atoms with Crippen molar-refractivity contribution < 1.29 is 13.2 Å². The number of rotatable bonds is 10. The Morgan fingerprint density at radius 2 is 1.84 bits per heavy atom. The van der Waals surface area contributed by atoms with Crippen LogP contribution in [-0.2, 0) is 0 Å². The summed E-state index contributed by atoms with van der Waals surface area (Å²) in [5.74, 6) is 0.407. The Morgan fingerprint density at radius 3 is 2.38 bits per heavy atom. The third-order valence-corrected chi connectivity index (χ3v) is 6.40. The molecule has 2 nitrogen and oxygen atoms in total. The molecule has 0 amide bonds. The molecule has 0 bridgehead atoms. The van der Waals surface area contributed by atoms with Gasteiger partial charge in [0, 0.05) is 35.4 Å². The van der Waals surface area contributed by atoms with Gasteiger partial charge in [0.25, 0.3) is 0 Å². The molecular weight excluding hydrogens is 493 g/mol. The van der Waals surface area contributed by atoms with E-state index in [4.69, 9.17) is 11.6 Å². The van der Waals surface area contributed by atoms with Crippen LogP contribution in [0.3, 0.4) is 0 Å². The van der Waals surface area contributed by atoms with Gasteiger partial charge < -0.3 is 5.32 Å². The number of aliphatic imine (C=N–C) groups is 1. The van der Waals surface area contributed by atoms with Crippen molar-refractivity contribution in [2.24, 2.45) is 4.99 Å². The second kappa shape index (κ2) is 16.5. The summed E-state index contributed by atoms with van der Waals surface area (Å²) in [7, 11) is 0. The van der Waals surface area contributed by atoms with Crippen LogP contribution in [0.1, 0.15) is 90.7 Å². The summed E-state index contributed by atoms with van der Waals surface area (Å²) in [4.78, 5) is 3.70. The number of allylic oxidation sites excluding steroid dienone is 6. The van der Waals surface area contributed by atoms with Crippen LogP contribution in [0.2, 0.25) is 0 Å². The SMILES string of the molecule is CCCCCC1=C(C(C)c2ccccc2C)NC/C1=C\C(C)Cl.C\C=C(/C=N/C(C)=C/CC)C(F)(F)F. The number of unbranched alkanes of at least 4 members (excludes halogenated alkanes) is 2. The maximum absolute atomic E-state index is 12.2. The highest BCUT2D eigenvalue weighted by molar-refractivity contribution is 6.21. The van der Waals surface area contributed by atoms with E-state index in [1.165, 1.54) is 54.2 Å². The molecule has 0 saturated carbocycles. The Morgan fingerprint density at radius 1 is 1.16 bits per heavy atom. The van der Waals surface area contributed by atoms with Crippen molar-refractivity contribution in [3.8, 4) is 0 Å². The molecule has 206 valence electrons. The Balaban J connectivity index is 0.000000422. The Kier molecular flexibility index (Phi) is 14.7. The largest absolute Gasteiger partial charge is 0.417 e. The van der Waals surface area contributed by atoms with Gasteiger partial charge in [-0.25, -0.2) is 0 Å². The summed E-state index contributed by atoms with van der Waals surface area (Å²) in [6.45, 7) is 14.7. The fraction of sp³-hybridized carbons (Fsp3) is 0.516. The molecule has 0 saturated heterocycles. The number of nitrogens with zero attached hydrogens (tertiary/aromatic N) is 1. The molecule has 1 heterocycles. The third-order valence-electron chi connectivity index (χ3n) is 6.28. The molecule has 1 aromatic carbocycles. The lowest BCUT2D eigenvalue weighted by molar-refractivity contribution is -0.0857. The average molecular weight is 537 g/mol. The monoisotopic (exact) mass is 536 g/mol. The number of benzene rings is 1. The van der Waals surface area contributed by atoms with Crippen molar-refractivity contribution in [3.63, 3.8) is 0 Å². The van der Waals surface area contributed by atoms with Crippen LogP contribution in [0.5, 0.6) is 0 Å². The van der Waals surface area contributed by atoms with Crippen molar-refractivity contribution in [1.29, 1.82) is 0 Å². The van der Waals surface area contributed by atoms with Gasteiger partial charge in [-0.3, -0.25) is 4.99 Å². The van der Waals surface area contributed by atoms with Crippen LogP contribution in [0.15, 0.2) is 75.6 Å². The fourth-order valence-electron chi connectivity index (χ4n) is 4.33. The predicted octanol–water partition coefficient (Wildman–Crippen LogP) is 9.97. The van der Waals surface area contributed by atoms with E-state index < -0.39 is 11.7 Å². The number of alkyl halides is 4. The zero-order valence-electron chi connectivity index (χ0n) is 23.5. The maximum Gasteiger partial charge on any atom is 0.417 e. The minimum atomic E-state index is -4.31. The van der Waals surface area contributed by atoms with Crippen molar-refractivity contribution in [1.82, 2.24) is 5.32 Å². The highest BCUT2D eigenvalue weighted by Gasteiger charge is 2.31. The van der Waals surface area contributed by atoms with E-state index >= 15 is 0 Å². The smallest absolute Gasteiger partial charge is 0.384 e. The summed E-state index contributed by atoms with van der Waals surface area (Å²) in [5.41, 5.74) is 6.96. The first-order valence-electron chi connectivity index (χ1n) is 13.3. The molecule has 1 N–H and O–H groups in total. The van der Waals surface area contributed by atoms with Crippen LogP contribution in [0.25, 0.3) is 0 Å². The molecule has 1 aliphatic rings. The van der Waals surface area contributed by atoms with Gasteiger partial charge in [0.05, 0.1) is 5.57 Å². The fourth-order valence-corrected chi connectivity index (χ4v) is 4.49. The number of hydrogen-bond acceptors (Lipinski definition) is 2. The van der Waals surface area contributed by atoms with Crippen LogP contribution in [-0.4, -0.2) is 24.3 Å². The molecule has 6 heteroatoms. The van der Waals surface area contributed by atoms with Gasteiger partial charge >= 0.3 is 6.18 Å². The van der Waals surface area contributed by atoms with Crippen molar-refractivity contribution in [3.05, 3.63) is 81.7 Å². The number of aryl methyl sites for hydroxylation is 1. The summed E-state index contributed by atoms with van der Waals surface area (Å²) < 4.78 is 36.5. The van der Waals surface area contributed by atoms with Gasteiger partial charge in [-0.05, 0) is 69.2 Å². The summed E-state index contributed by atoms with van der Waals surface area (Å²) in [5, 5.41) is 3.75. The standard InChI is InChI=1S/C21H30ClN.C10H14F3N/c1-5-6-7-12-20-18(13-16(3)22)14-23-21(20)17(4)19-11-9-8-10-15(19)2;1-4-6-8(3)14-7-9(5-2)10(11,12)13/h8-11,13,16-17,23H,5-7,12,14H2,1-4H3;5-7H,4H2,1-3H3/b18-13+;8-6+,9-5+,14-7+. The van der Waals surface area contributed by atoms with E-state index in [0.29, 0.717) is 11.6 Å². The normalized spacial score (nSPS) is 17.6. The molecule has 1 aromatic rings. The van der Waals surface area contributed by atoms with Crippen LogP contribution >= 0.6 is 11.6 Å². The topological polar surface area (TPSA) is 24.4 Å². The van der Waals surface area contributed by atoms with Gasteiger partial charge in [0.15, 0.2) is 0 Å². The molecule has 0 radical (unpaired) electrons. The van der Waals surface area contributed by atoms with Crippen molar-refractivity contribution in [2.75, 3.05) is 6.54 Å². The van der Waals surface area contributed by atoms with Gasteiger partial charge in [-0.2, -0.15) is 13.2 Å². The van der Waals surface area contributed by atoms with Gasteiger partial charge in [0.1, 0.15) is 0 Å². The number of nitrogens with one attached hydrogen (secondary N) is 1. The first-order valence-corrected chi connectivity index (χ1v) is 13.7. The van der Waals surface area contributed by atoms with E-state index in [1.54, 1.807) is 13.0 Å². The first kappa shape index (κ1) is 32.8. The van der Waals surface area contributed by atoms with Crippen molar-refractivity contribution in [2.45, 2.75) is 98.0 Å². The Hall–Kier alpha value is -2.27. The molecule has 2 rings (SSSR count). The van der Waals surface area contributed by atoms with Crippen LogP contribution < -0.4 is 5.32 Å². The maximum atomic E-state index is 12.2. The van der Waals surface area contributed by atoms with E-state index in [1.807, 2.05) is 13.8 Å². The molecule has 2 unspecified atom stereocenters. The van der Waals surface area contributed by atoms with Crippen molar-refractivity contribution >= 4 is 17.8 Å². The molecule has 0 fully saturated rings.